The molecule has 0 radical (unpaired) electrons. The lowest BCUT2D eigenvalue weighted by Gasteiger charge is -2.05. The van der Waals surface area contributed by atoms with Crippen LogP contribution in [-0.2, 0) is 0 Å². The smallest absolute Gasteiger partial charge is 0.171 e. The predicted molar refractivity (Wildman–Crippen MR) is 56.8 cm³/mol. The van der Waals surface area contributed by atoms with E-state index in [-0.39, 0.29) is 0 Å². The molecular formula is C10H18BrF3. The molecule has 0 aliphatic carbocycles. The fourth-order valence-electron chi connectivity index (χ4n) is 1.30. The highest BCUT2D eigenvalue weighted by Crippen LogP contribution is 2.23. The fourth-order valence-corrected chi connectivity index (χ4v) is 1.70. The first-order chi connectivity index (χ1) is 6.56. The van der Waals surface area contributed by atoms with Gasteiger partial charge >= 0.3 is 6.18 Å². The van der Waals surface area contributed by atoms with Crippen molar-refractivity contribution in [1.29, 1.82) is 0 Å². The standard InChI is InChI=1S/C10H18BrF3/c11-9-7-5-3-1-2-4-6-8-10(12,13)14/h1-9H2. The fraction of sp³-hybridized carbons (Fsp3) is 1.00. The zero-order valence-electron chi connectivity index (χ0n) is 8.38. The summed E-state index contributed by atoms with van der Waals surface area (Å²) in [7, 11) is 0. The van der Waals surface area contributed by atoms with Crippen molar-refractivity contribution in [2.24, 2.45) is 0 Å². The highest BCUT2D eigenvalue weighted by Gasteiger charge is 2.25. The van der Waals surface area contributed by atoms with Gasteiger partial charge in [0.05, 0.1) is 0 Å². The van der Waals surface area contributed by atoms with Crippen molar-refractivity contribution >= 4 is 15.9 Å². The first kappa shape index (κ1) is 14.3. The summed E-state index contributed by atoms with van der Waals surface area (Å²) in [5.74, 6) is 0. The SMILES string of the molecule is FC(F)(F)CCCCCCCCCBr. The molecule has 0 nitrogen and oxygen atoms in total. The van der Waals surface area contributed by atoms with E-state index < -0.39 is 12.6 Å². The van der Waals surface area contributed by atoms with Gasteiger partial charge in [0, 0.05) is 11.8 Å². The van der Waals surface area contributed by atoms with E-state index in [0.29, 0.717) is 12.8 Å². The van der Waals surface area contributed by atoms with Crippen LogP contribution < -0.4 is 0 Å². The molecule has 0 spiro atoms. The lowest BCUT2D eigenvalue weighted by Crippen LogP contribution is -2.06. The van der Waals surface area contributed by atoms with Gasteiger partial charge in [0.1, 0.15) is 0 Å². The molecule has 0 bridgehead atoms. The minimum Gasteiger partial charge on any atom is -0.171 e. The summed E-state index contributed by atoms with van der Waals surface area (Å²) in [6, 6.07) is 0. The van der Waals surface area contributed by atoms with Crippen LogP contribution in [0.5, 0.6) is 0 Å². The van der Waals surface area contributed by atoms with Crippen LogP contribution >= 0.6 is 15.9 Å². The maximum absolute atomic E-state index is 11.7. The van der Waals surface area contributed by atoms with Crippen LogP contribution in [0.4, 0.5) is 13.2 Å². The van der Waals surface area contributed by atoms with Gasteiger partial charge in [-0.25, -0.2) is 0 Å². The number of alkyl halides is 4. The molecule has 0 aromatic heterocycles. The molecule has 0 heterocycles. The summed E-state index contributed by atoms with van der Waals surface area (Å²) in [4.78, 5) is 0. The number of rotatable bonds is 8. The van der Waals surface area contributed by atoms with Gasteiger partial charge in [-0.2, -0.15) is 13.2 Å². The van der Waals surface area contributed by atoms with Crippen molar-refractivity contribution < 1.29 is 13.2 Å². The van der Waals surface area contributed by atoms with Crippen molar-refractivity contribution in [1.82, 2.24) is 0 Å². The van der Waals surface area contributed by atoms with Gasteiger partial charge < -0.3 is 0 Å². The van der Waals surface area contributed by atoms with E-state index in [2.05, 4.69) is 15.9 Å². The Balaban J connectivity index is 2.99. The van der Waals surface area contributed by atoms with Crippen molar-refractivity contribution in [2.75, 3.05) is 5.33 Å². The zero-order chi connectivity index (χ0) is 10.9. The summed E-state index contributed by atoms with van der Waals surface area (Å²) in [5, 5.41) is 1.03. The van der Waals surface area contributed by atoms with Gasteiger partial charge in [-0.1, -0.05) is 48.0 Å². The molecule has 0 atom stereocenters. The number of halogens is 4. The van der Waals surface area contributed by atoms with Crippen molar-refractivity contribution in [3.63, 3.8) is 0 Å². The molecule has 4 heteroatoms. The van der Waals surface area contributed by atoms with Crippen LogP contribution in [0, 0.1) is 0 Å². The molecular weight excluding hydrogens is 257 g/mol. The van der Waals surface area contributed by atoms with Crippen LogP contribution in [-0.4, -0.2) is 11.5 Å². The van der Waals surface area contributed by atoms with E-state index in [1.54, 1.807) is 0 Å². The molecule has 14 heavy (non-hydrogen) atoms. The van der Waals surface area contributed by atoms with Crippen molar-refractivity contribution in [3.8, 4) is 0 Å². The largest absolute Gasteiger partial charge is 0.389 e. The van der Waals surface area contributed by atoms with Crippen LogP contribution in [0.25, 0.3) is 0 Å². The van der Waals surface area contributed by atoms with Crippen LogP contribution in [0.15, 0.2) is 0 Å². The second-order valence-corrected chi connectivity index (χ2v) is 4.32. The Kier molecular flexibility index (Phi) is 8.73. The monoisotopic (exact) mass is 274 g/mol. The third-order valence-corrected chi connectivity index (χ3v) is 2.65. The molecule has 0 fully saturated rings. The Hall–Kier alpha value is 0.270. The topological polar surface area (TPSA) is 0 Å². The van der Waals surface area contributed by atoms with E-state index >= 15 is 0 Å². The summed E-state index contributed by atoms with van der Waals surface area (Å²) < 4.78 is 35.2. The average Bonchev–Trinajstić information content (AvgIpc) is 2.08. The minimum atomic E-state index is -3.96. The lowest BCUT2D eigenvalue weighted by atomic mass is 10.1. The summed E-state index contributed by atoms with van der Waals surface area (Å²) in [5.41, 5.74) is 0. The molecule has 0 rings (SSSR count). The van der Waals surface area contributed by atoms with Crippen LogP contribution in [0.1, 0.15) is 51.4 Å². The van der Waals surface area contributed by atoms with Gasteiger partial charge in [0.25, 0.3) is 0 Å². The second kappa shape index (κ2) is 8.57. The predicted octanol–water partition coefficient (Wildman–Crippen LogP) is 5.06. The Morgan fingerprint density at radius 2 is 1.14 bits per heavy atom. The van der Waals surface area contributed by atoms with E-state index in [1.165, 1.54) is 12.8 Å². The lowest BCUT2D eigenvalue weighted by molar-refractivity contribution is -0.135. The Labute approximate surface area is 92.4 Å². The molecule has 0 unspecified atom stereocenters. The second-order valence-electron chi connectivity index (χ2n) is 3.53. The minimum absolute atomic E-state index is 0.294. The highest BCUT2D eigenvalue weighted by molar-refractivity contribution is 9.09. The molecule has 0 aliphatic rings. The number of hydrogen-bond acceptors (Lipinski definition) is 0. The van der Waals surface area contributed by atoms with Gasteiger partial charge in [-0.15, -0.1) is 0 Å². The van der Waals surface area contributed by atoms with E-state index in [0.717, 1.165) is 24.6 Å². The zero-order valence-corrected chi connectivity index (χ0v) is 9.96. The Morgan fingerprint density at radius 1 is 0.714 bits per heavy atom. The first-order valence-corrected chi connectivity index (χ1v) is 6.31. The van der Waals surface area contributed by atoms with E-state index in [1.807, 2.05) is 0 Å². The first-order valence-electron chi connectivity index (χ1n) is 5.19. The van der Waals surface area contributed by atoms with Gasteiger partial charge in [0.2, 0.25) is 0 Å². The molecule has 0 aliphatic heterocycles. The van der Waals surface area contributed by atoms with Gasteiger partial charge in [-0.3, -0.25) is 0 Å². The molecule has 0 amide bonds. The number of hydrogen-bond donors (Lipinski definition) is 0. The van der Waals surface area contributed by atoms with Crippen molar-refractivity contribution in [3.05, 3.63) is 0 Å². The third kappa shape index (κ3) is 12.3. The van der Waals surface area contributed by atoms with E-state index in [9.17, 15) is 13.2 Å². The molecule has 0 aromatic rings. The van der Waals surface area contributed by atoms with E-state index in [4.69, 9.17) is 0 Å². The Bertz CT molecular complexity index is 123. The average molecular weight is 275 g/mol. The summed E-state index contributed by atoms with van der Waals surface area (Å²) in [6.45, 7) is 0. The highest BCUT2D eigenvalue weighted by atomic mass is 79.9. The summed E-state index contributed by atoms with van der Waals surface area (Å²) in [6.07, 6.45) is 1.95. The maximum Gasteiger partial charge on any atom is 0.389 e. The molecule has 0 N–H and O–H groups in total. The summed E-state index contributed by atoms with van der Waals surface area (Å²) >= 11 is 3.34. The van der Waals surface area contributed by atoms with Crippen molar-refractivity contribution in [2.45, 2.75) is 57.5 Å². The quantitative estimate of drug-likeness (QED) is 0.429. The molecule has 0 saturated heterocycles. The Morgan fingerprint density at radius 3 is 1.57 bits per heavy atom. The third-order valence-electron chi connectivity index (χ3n) is 2.09. The molecule has 0 saturated carbocycles. The van der Waals surface area contributed by atoms with Gasteiger partial charge in [0.15, 0.2) is 0 Å². The van der Waals surface area contributed by atoms with Crippen LogP contribution in [0.3, 0.4) is 0 Å². The van der Waals surface area contributed by atoms with Crippen LogP contribution in [0.2, 0.25) is 0 Å². The number of unbranched alkanes of at least 4 members (excludes halogenated alkanes) is 6. The maximum atomic E-state index is 11.7. The molecule has 0 aromatic carbocycles. The van der Waals surface area contributed by atoms with Gasteiger partial charge in [-0.05, 0) is 12.8 Å². The molecule has 86 valence electrons. The normalized spacial score (nSPS) is 12.0.